The zero-order chi connectivity index (χ0) is 18.0. The highest BCUT2D eigenvalue weighted by atomic mass is 16.5. The first-order valence-corrected chi connectivity index (χ1v) is 9.81. The number of aromatic amines is 1. The van der Waals surface area contributed by atoms with Crippen LogP contribution < -0.4 is 0 Å². The van der Waals surface area contributed by atoms with Gasteiger partial charge in [0.1, 0.15) is 0 Å². The summed E-state index contributed by atoms with van der Waals surface area (Å²) in [5, 5.41) is 6.72. The second-order valence-corrected chi connectivity index (χ2v) is 7.98. The quantitative estimate of drug-likeness (QED) is 0.879. The van der Waals surface area contributed by atoms with Crippen molar-refractivity contribution in [1.29, 1.82) is 0 Å². The van der Waals surface area contributed by atoms with Crippen molar-refractivity contribution in [2.45, 2.75) is 50.5 Å². The van der Waals surface area contributed by atoms with Crippen LogP contribution in [-0.4, -0.2) is 70.2 Å². The molecule has 7 nitrogen and oxygen atoms in total. The number of aromatic nitrogens is 2. The fraction of sp³-hybridized carbons (Fsp3) is 0.737. The Hall–Kier alpha value is -1.89. The molecule has 1 aliphatic carbocycles. The standard InChI is InChI=1S/C19H28N4O3/c24-17(12-16-4-7-20-21-16)22-8-5-19(6-9-22)13-18(25)23(10-11-26-19)14-15-2-1-3-15/h4,7,15H,1-3,5-6,8-14H2,(H,20,21). The largest absolute Gasteiger partial charge is 0.372 e. The fourth-order valence-corrected chi connectivity index (χ4v) is 4.26. The third-order valence-corrected chi connectivity index (χ3v) is 6.23. The van der Waals surface area contributed by atoms with Crippen molar-refractivity contribution in [3.05, 3.63) is 18.0 Å². The first kappa shape index (κ1) is 17.5. The number of hydrogen-bond donors (Lipinski definition) is 1. The molecule has 2 amide bonds. The summed E-state index contributed by atoms with van der Waals surface area (Å²) in [6.45, 7) is 3.53. The Kier molecular flexibility index (Phi) is 4.98. The first-order valence-electron chi connectivity index (χ1n) is 9.81. The predicted molar refractivity (Wildman–Crippen MR) is 95.3 cm³/mol. The summed E-state index contributed by atoms with van der Waals surface area (Å²) in [6.07, 6.45) is 7.76. The third-order valence-electron chi connectivity index (χ3n) is 6.23. The lowest BCUT2D eigenvalue weighted by atomic mass is 9.84. The Morgan fingerprint density at radius 1 is 1.31 bits per heavy atom. The number of nitrogens with zero attached hydrogens (tertiary/aromatic N) is 3. The van der Waals surface area contributed by atoms with Gasteiger partial charge < -0.3 is 14.5 Å². The normalized spacial score (nSPS) is 23.8. The maximum Gasteiger partial charge on any atom is 0.228 e. The van der Waals surface area contributed by atoms with E-state index in [1.54, 1.807) is 6.20 Å². The van der Waals surface area contributed by atoms with Gasteiger partial charge in [0.25, 0.3) is 0 Å². The van der Waals surface area contributed by atoms with Crippen molar-refractivity contribution in [2.75, 3.05) is 32.8 Å². The molecule has 0 unspecified atom stereocenters. The van der Waals surface area contributed by atoms with Gasteiger partial charge in [-0.2, -0.15) is 5.10 Å². The molecule has 2 saturated heterocycles. The van der Waals surface area contributed by atoms with Gasteiger partial charge in [-0.15, -0.1) is 0 Å². The molecule has 0 aromatic carbocycles. The molecule has 1 aromatic rings. The van der Waals surface area contributed by atoms with Gasteiger partial charge >= 0.3 is 0 Å². The summed E-state index contributed by atoms with van der Waals surface area (Å²) >= 11 is 0. The summed E-state index contributed by atoms with van der Waals surface area (Å²) in [4.78, 5) is 29.1. The number of hydrogen-bond acceptors (Lipinski definition) is 4. The van der Waals surface area contributed by atoms with E-state index in [-0.39, 0.29) is 17.4 Å². The molecule has 142 valence electrons. The van der Waals surface area contributed by atoms with E-state index in [1.807, 2.05) is 15.9 Å². The van der Waals surface area contributed by atoms with Crippen LogP contribution in [-0.2, 0) is 20.7 Å². The third kappa shape index (κ3) is 3.77. The van der Waals surface area contributed by atoms with E-state index in [1.165, 1.54) is 19.3 Å². The smallest absolute Gasteiger partial charge is 0.228 e. The molecule has 1 aromatic heterocycles. The van der Waals surface area contributed by atoms with E-state index in [2.05, 4.69) is 10.2 Å². The van der Waals surface area contributed by atoms with Crippen molar-refractivity contribution in [3.63, 3.8) is 0 Å². The van der Waals surface area contributed by atoms with Crippen LogP contribution in [0.4, 0.5) is 0 Å². The van der Waals surface area contributed by atoms with Gasteiger partial charge in [0, 0.05) is 38.1 Å². The fourth-order valence-electron chi connectivity index (χ4n) is 4.26. The lowest BCUT2D eigenvalue weighted by Crippen LogP contribution is -2.49. The average molecular weight is 360 g/mol. The molecule has 26 heavy (non-hydrogen) atoms. The number of rotatable bonds is 4. The van der Waals surface area contributed by atoms with Crippen molar-refractivity contribution < 1.29 is 14.3 Å². The molecular weight excluding hydrogens is 332 g/mol. The molecule has 0 radical (unpaired) electrons. The topological polar surface area (TPSA) is 78.5 Å². The molecule has 1 saturated carbocycles. The minimum Gasteiger partial charge on any atom is -0.372 e. The number of H-pyrrole nitrogens is 1. The van der Waals surface area contributed by atoms with E-state index < -0.39 is 0 Å². The number of carbonyl (C=O) groups excluding carboxylic acids is 2. The van der Waals surface area contributed by atoms with Crippen molar-refractivity contribution in [1.82, 2.24) is 20.0 Å². The van der Waals surface area contributed by atoms with E-state index >= 15 is 0 Å². The van der Waals surface area contributed by atoms with Crippen LogP contribution in [0.3, 0.4) is 0 Å². The van der Waals surface area contributed by atoms with Crippen molar-refractivity contribution in [3.8, 4) is 0 Å². The summed E-state index contributed by atoms with van der Waals surface area (Å²) in [5.74, 6) is 1.03. The number of amides is 2. The maximum atomic E-state index is 12.7. The number of carbonyl (C=O) groups is 2. The molecule has 0 atom stereocenters. The molecule has 1 spiro atoms. The maximum absolute atomic E-state index is 12.7. The SMILES string of the molecule is O=C(Cc1ccn[nH]1)N1CCC2(CC1)CC(=O)N(CC1CCC1)CCO2. The van der Waals surface area contributed by atoms with Gasteiger partial charge in [0.15, 0.2) is 0 Å². The number of piperidine rings is 1. The predicted octanol–water partition coefficient (Wildman–Crippen LogP) is 1.36. The highest BCUT2D eigenvalue weighted by molar-refractivity contribution is 5.79. The zero-order valence-corrected chi connectivity index (χ0v) is 15.3. The minimum atomic E-state index is -0.379. The number of nitrogens with one attached hydrogen (secondary N) is 1. The summed E-state index contributed by atoms with van der Waals surface area (Å²) in [6, 6.07) is 1.83. The van der Waals surface area contributed by atoms with Gasteiger partial charge in [-0.05, 0) is 37.7 Å². The van der Waals surface area contributed by atoms with Gasteiger partial charge in [-0.3, -0.25) is 14.7 Å². The van der Waals surface area contributed by atoms with Crippen LogP contribution >= 0.6 is 0 Å². The van der Waals surface area contributed by atoms with E-state index in [0.717, 1.165) is 25.1 Å². The zero-order valence-electron chi connectivity index (χ0n) is 15.3. The van der Waals surface area contributed by atoms with Crippen LogP contribution in [0, 0.1) is 5.92 Å². The first-order chi connectivity index (χ1) is 12.6. The van der Waals surface area contributed by atoms with E-state index in [4.69, 9.17) is 4.74 Å². The Morgan fingerprint density at radius 2 is 2.12 bits per heavy atom. The molecule has 0 bridgehead atoms. The molecular formula is C19H28N4O3. The summed E-state index contributed by atoms with van der Waals surface area (Å²) in [7, 11) is 0. The lowest BCUT2D eigenvalue weighted by molar-refractivity contribution is -0.141. The van der Waals surface area contributed by atoms with Crippen molar-refractivity contribution in [2.24, 2.45) is 5.92 Å². The number of likely N-dealkylation sites (tertiary alicyclic amines) is 1. The highest BCUT2D eigenvalue weighted by Crippen LogP contribution is 2.34. The van der Waals surface area contributed by atoms with E-state index in [9.17, 15) is 9.59 Å². The van der Waals surface area contributed by atoms with Crippen LogP contribution in [0.1, 0.15) is 44.2 Å². The van der Waals surface area contributed by atoms with Crippen LogP contribution in [0.5, 0.6) is 0 Å². The Labute approximate surface area is 154 Å². The Balaban J connectivity index is 1.31. The second-order valence-electron chi connectivity index (χ2n) is 7.98. The Morgan fingerprint density at radius 3 is 2.77 bits per heavy atom. The van der Waals surface area contributed by atoms with E-state index in [0.29, 0.717) is 45.0 Å². The van der Waals surface area contributed by atoms with Crippen LogP contribution in [0.2, 0.25) is 0 Å². The molecule has 3 fully saturated rings. The number of ether oxygens (including phenoxy) is 1. The van der Waals surface area contributed by atoms with Crippen molar-refractivity contribution >= 4 is 11.8 Å². The van der Waals surface area contributed by atoms with Gasteiger partial charge in [-0.25, -0.2) is 0 Å². The molecule has 7 heteroatoms. The van der Waals surface area contributed by atoms with Crippen LogP contribution in [0.25, 0.3) is 0 Å². The molecule has 4 rings (SSSR count). The minimum absolute atomic E-state index is 0.107. The van der Waals surface area contributed by atoms with Gasteiger partial charge in [-0.1, -0.05) is 6.42 Å². The lowest BCUT2D eigenvalue weighted by Gasteiger charge is -2.40. The Bertz CT molecular complexity index is 633. The van der Waals surface area contributed by atoms with Gasteiger partial charge in [0.05, 0.1) is 25.0 Å². The molecule has 3 heterocycles. The monoisotopic (exact) mass is 360 g/mol. The summed E-state index contributed by atoms with van der Waals surface area (Å²) in [5.41, 5.74) is 0.457. The van der Waals surface area contributed by atoms with Gasteiger partial charge in [0.2, 0.25) is 11.8 Å². The molecule has 2 aliphatic heterocycles. The molecule has 1 N–H and O–H groups in total. The molecule has 3 aliphatic rings. The highest BCUT2D eigenvalue weighted by Gasteiger charge is 2.41. The second kappa shape index (κ2) is 7.39. The summed E-state index contributed by atoms with van der Waals surface area (Å²) < 4.78 is 6.18. The average Bonchev–Trinajstić information content (AvgIpc) is 3.04. The van der Waals surface area contributed by atoms with Crippen LogP contribution in [0.15, 0.2) is 12.3 Å².